The molecule has 104 valence electrons. The van der Waals surface area contributed by atoms with E-state index in [2.05, 4.69) is 5.32 Å². The maximum atomic E-state index is 13.0. The highest BCUT2D eigenvalue weighted by Crippen LogP contribution is 2.19. The predicted molar refractivity (Wildman–Crippen MR) is 80.1 cm³/mol. The molecule has 1 amide bonds. The number of halogens is 1. The Bertz CT molecular complexity index is 604. The largest absolute Gasteiger partial charge is 0.326 e. The third-order valence-electron chi connectivity index (χ3n) is 2.61. The second kappa shape index (κ2) is 7.07. The van der Waals surface area contributed by atoms with E-state index in [1.807, 2.05) is 24.3 Å². The van der Waals surface area contributed by atoms with Crippen molar-refractivity contribution in [3.8, 4) is 0 Å². The van der Waals surface area contributed by atoms with Gasteiger partial charge in [0.25, 0.3) is 0 Å². The number of rotatable bonds is 5. The SMILES string of the molecule is NCc1cccc(SCC(=O)Nc2cccc(F)c2)c1. The van der Waals surface area contributed by atoms with Gasteiger partial charge in [-0.15, -0.1) is 11.8 Å². The summed E-state index contributed by atoms with van der Waals surface area (Å²) in [6.45, 7) is 0.476. The van der Waals surface area contributed by atoms with Crippen LogP contribution in [0.4, 0.5) is 10.1 Å². The van der Waals surface area contributed by atoms with E-state index in [-0.39, 0.29) is 17.5 Å². The zero-order valence-corrected chi connectivity index (χ0v) is 11.6. The quantitative estimate of drug-likeness (QED) is 0.832. The fraction of sp³-hybridized carbons (Fsp3) is 0.133. The first-order valence-corrected chi connectivity index (χ1v) is 7.13. The molecule has 0 unspecified atom stereocenters. The number of thioether (sulfide) groups is 1. The Kier molecular flexibility index (Phi) is 5.15. The van der Waals surface area contributed by atoms with Crippen molar-refractivity contribution in [3.05, 3.63) is 59.9 Å². The first kappa shape index (κ1) is 14.6. The second-order valence-electron chi connectivity index (χ2n) is 4.20. The first-order chi connectivity index (χ1) is 9.67. The van der Waals surface area contributed by atoms with E-state index in [0.717, 1.165) is 10.5 Å². The first-order valence-electron chi connectivity index (χ1n) is 6.14. The molecule has 0 fully saturated rings. The summed E-state index contributed by atoms with van der Waals surface area (Å²) in [4.78, 5) is 12.8. The van der Waals surface area contributed by atoms with Gasteiger partial charge in [-0.1, -0.05) is 18.2 Å². The summed E-state index contributed by atoms with van der Waals surface area (Å²) in [7, 11) is 0. The molecule has 2 rings (SSSR count). The molecule has 0 saturated heterocycles. The average Bonchev–Trinajstić information content (AvgIpc) is 2.45. The Morgan fingerprint density at radius 3 is 2.75 bits per heavy atom. The van der Waals surface area contributed by atoms with E-state index in [9.17, 15) is 9.18 Å². The Morgan fingerprint density at radius 1 is 1.20 bits per heavy atom. The van der Waals surface area contributed by atoms with Crippen molar-refractivity contribution >= 4 is 23.4 Å². The zero-order valence-electron chi connectivity index (χ0n) is 10.8. The summed E-state index contributed by atoms with van der Waals surface area (Å²) in [5.74, 6) is -0.269. The fourth-order valence-electron chi connectivity index (χ4n) is 1.67. The van der Waals surface area contributed by atoms with Crippen LogP contribution in [0.2, 0.25) is 0 Å². The molecular formula is C15H15FN2OS. The molecule has 0 aliphatic rings. The van der Waals surface area contributed by atoms with Gasteiger partial charge in [0.1, 0.15) is 5.82 Å². The Labute approximate surface area is 121 Å². The molecule has 0 spiro atoms. The van der Waals surface area contributed by atoms with E-state index < -0.39 is 0 Å². The highest BCUT2D eigenvalue weighted by atomic mass is 32.2. The van der Waals surface area contributed by atoms with Gasteiger partial charge in [0, 0.05) is 17.1 Å². The van der Waals surface area contributed by atoms with E-state index in [1.165, 1.54) is 23.9 Å². The van der Waals surface area contributed by atoms with Gasteiger partial charge in [-0.3, -0.25) is 4.79 Å². The minimum absolute atomic E-state index is 0.168. The van der Waals surface area contributed by atoms with Crippen LogP contribution in [0.3, 0.4) is 0 Å². The van der Waals surface area contributed by atoms with Gasteiger partial charge < -0.3 is 11.1 Å². The standard InChI is InChI=1S/C15H15FN2OS/c16-12-4-2-5-13(8-12)18-15(19)10-20-14-6-1-3-11(7-14)9-17/h1-8H,9-10,17H2,(H,18,19). The van der Waals surface area contributed by atoms with Gasteiger partial charge in [0.15, 0.2) is 0 Å². The Morgan fingerprint density at radius 2 is 2.00 bits per heavy atom. The zero-order chi connectivity index (χ0) is 14.4. The number of hydrogen-bond donors (Lipinski definition) is 2. The molecule has 3 nitrogen and oxygen atoms in total. The molecule has 0 aliphatic heterocycles. The van der Waals surface area contributed by atoms with E-state index in [0.29, 0.717) is 12.2 Å². The third-order valence-corrected chi connectivity index (χ3v) is 3.61. The van der Waals surface area contributed by atoms with Crippen LogP contribution in [0.25, 0.3) is 0 Å². The van der Waals surface area contributed by atoms with Crippen molar-refractivity contribution in [1.29, 1.82) is 0 Å². The molecule has 0 radical (unpaired) electrons. The van der Waals surface area contributed by atoms with Crippen LogP contribution in [0.5, 0.6) is 0 Å². The fourth-order valence-corrected chi connectivity index (χ4v) is 2.45. The summed E-state index contributed by atoms with van der Waals surface area (Å²) in [6, 6.07) is 13.6. The molecule has 0 heterocycles. The summed E-state index contributed by atoms with van der Waals surface area (Å²) in [6.07, 6.45) is 0. The number of amides is 1. The number of nitrogens with two attached hydrogens (primary N) is 1. The summed E-state index contributed by atoms with van der Waals surface area (Å²) in [5.41, 5.74) is 7.06. The second-order valence-corrected chi connectivity index (χ2v) is 5.25. The lowest BCUT2D eigenvalue weighted by atomic mass is 10.2. The van der Waals surface area contributed by atoms with Crippen LogP contribution in [0.15, 0.2) is 53.4 Å². The molecular weight excluding hydrogens is 275 g/mol. The van der Waals surface area contributed by atoms with E-state index in [4.69, 9.17) is 5.73 Å². The van der Waals surface area contributed by atoms with Crippen LogP contribution >= 0.6 is 11.8 Å². The maximum Gasteiger partial charge on any atom is 0.234 e. The van der Waals surface area contributed by atoms with Crippen molar-refractivity contribution in [3.63, 3.8) is 0 Å². The van der Waals surface area contributed by atoms with E-state index >= 15 is 0 Å². The van der Waals surface area contributed by atoms with Gasteiger partial charge in [0.2, 0.25) is 5.91 Å². The maximum absolute atomic E-state index is 13.0. The van der Waals surface area contributed by atoms with Gasteiger partial charge in [-0.25, -0.2) is 4.39 Å². The van der Waals surface area contributed by atoms with Crippen LogP contribution < -0.4 is 11.1 Å². The van der Waals surface area contributed by atoms with Crippen LogP contribution in [0, 0.1) is 5.82 Å². The number of nitrogens with one attached hydrogen (secondary N) is 1. The molecule has 5 heteroatoms. The molecule has 0 bridgehead atoms. The van der Waals surface area contributed by atoms with Gasteiger partial charge in [-0.05, 0) is 35.9 Å². The van der Waals surface area contributed by atoms with Gasteiger partial charge >= 0.3 is 0 Å². The van der Waals surface area contributed by atoms with Crippen molar-refractivity contribution in [2.45, 2.75) is 11.4 Å². The lowest BCUT2D eigenvalue weighted by Gasteiger charge is -2.06. The van der Waals surface area contributed by atoms with Crippen LogP contribution in [-0.4, -0.2) is 11.7 Å². The number of benzene rings is 2. The smallest absolute Gasteiger partial charge is 0.234 e. The van der Waals surface area contributed by atoms with Crippen LogP contribution in [0.1, 0.15) is 5.56 Å². The summed E-state index contributed by atoms with van der Waals surface area (Å²) >= 11 is 1.42. The van der Waals surface area contributed by atoms with E-state index in [1.54, 1.807) is 12.1 Å². The molecule has 2 aromatic carbocycles. The predicted octanol–water partition coefficient (Wildman–Crippen LogP) is 3.02. The van der Waals surface area contributed by atoms with Gasteiger partial charge in [0.05, 0.1) is 5.75 Å². The molecule has 20 heavy (non-hydrogen) atoms. The van der Waals surface area contributed by atoms with Crippen molar-refractivity contribution in [2.75, 3.05) is 11.1 Å². The van der Waals surface area contributed by atoms with Crippen molar-refractivity contribution < 1.29 is 9.18 Å². The van der Waals surface area contributed by atoms with Crippen molar-refractivity contribution in [2.24, 2.45) is 5.73 Å². The minimum atomic E-state index is -0.369. The molecule has 2 aromatic rings. The highest BCUT2D eigenvalue weighted by Gasteiger charge is 2.04. The lowest BCUT2D eigenvalue weighted by molar-refractivity contribution is -0.113. The monoisotopic (exact) mass is 290 g/mol. The average molecular weight is 290 g/mol. The molecule has 3 N–H and O–H groups in total. The van der Waals surface area contributed by atoms with Crippen LogP contribution in [-0.2, 0) is 11.3 Å². The molecule has 0 aromatic heterocycles. The summed E-state index contributed by atoms with van der Waals surface area (Å²) in [5, 5.41) is 2.66. The molecule has 0 aliphatic carbocycles. The topological polar surface area (TPSA) is 55.1 Å². The number of carbonyl (C=O) groups excluding carboxylic acids is 1. The molecule has 0 atom stereocenters. The normalized spacial score (nSPS) is 10.3. The summed E-state index contributed by atoms with van der Waals surface area (Å²) < 4.78 is 13.0. The van der Waals surface area contributed by atoms with Crippen molar-refractivity contribution in [1.82, 2.24) is 0 Å². The highest BCUT2D eigenvalue weighted by molar-refractivity contribution is 8.00. The molecule has 0 saturated carbocycles. The van der Waals surface area contributed by atoms with Gasteiger partial charge in [-0.2, -0.15) is 0 Å². The number of carbonyl (C=O) groups is 1. The lowest BCUT2D eigenvalue weighted by Crippen LogP contribution is -2.14. The number of anilines is 1. The Hall–Kier alpha value is -1.85. The Balaban J connectivity index is 1.88. The minimum Gasteiger partial charge on any atom is -0.326 e. The third kappa shape index (κ3) is 4.36. The number of hydrogen-bond acceptors (Lipinski definition) is 3.